The van der Waals surface area contributed by atoms with E-state index >= 15 is 0 Å². The van der Waals surface area contributed by atoms with Crippen LogP contribution in [-0.2, 0) is 14.3 Å². The second-order valence-corrected chi connectivity index (χ2v) is 4.09. The number of cyclic esters (lactones) is 1. The van der Waals surface area contributed by atoms with Crippen molar-refractivity contribution >= 4 is 24.9 Å². The molecule has 1 atom stereocenters. The summed E-state index contributed by atoms with van der Waals surface area (Å²) >= 11 is 0. The van der Waals surface area contributed by atoms with Crippen molar-refractivity contribution in [1.29, 1.82) is 5.31 Å². The molecule has 6 nitrogen and oxygen atoms in total. The second kappa shape index (κ2) is 4.15. The van der Waals surface area contributed by atoms with Gasteiger partial charge < -0.3 is 0 Å². The predicted molar refractivity (Wildman–Crippen MR) is 52.8 cm³/mol. The van der Waals surface area contributed by atoms with Crippen molar-refractivity contribution in [2.75, 3.05) is 6.61 Å². The van der Waals surface area contributed by atoms with Crippen LogP contribution in [0, 0.1) is 11.2 Å². The number of ether oxygens (including phenoxy) is 1. The van der Waals surface area contributed by atoms with Gasteiger partial charge in [0.1, 0.15) is 0 Å². The van der Waals surface area contributed by atoms with Gasteiger partial charge in [-0.05, 0) is 0 Å². The summed E-state index contributed by atoms with van der Waals surface area (Å²) in [5.74, 6) is -0.727. The van der Waals surface area contributed by atoms with Gasteiger partial charge in [-0.2, -0.15) is 0 Å². The van der Waals surface area contributed by atoms with Crippen molar-refractivity contribution < 1.29 is 19.1 Å². The first-order valence-corrected chi connectivity index (χ1v) is 5.13. The van der Waals surface area contributed by atoms with Crippen LogP contribution in [0.15, 0.2) is 0 Å². The van der Waals surface area contributed by atoms with Gasteiger partial charge in [-0.15, -0.1) is 0 Å². The molecule has 7 heteroatoms. The first-order chi connectivity index (χ1) is 7.61. The molecular weight excluding hydrogens is 211 g/mol. The van der Waals surface area contributed by atoms with Crippen LogP contribution in [0.25, 0.3) is 0 Å². The van der Waals surface area contributed by atoms with Crippen LogP contribution in [-0.4, -0.2) is 42.3 Å². The van der Waals surface area contributed by atoms with Crippen LogP contribution in [0.5, 0.6) is 0 Å². The van der Waals surface area contributed by atoms with Crippen LogP contribution in [0.3, 0.4) is 0 Å². The molecule has 2 fully saturated rings. The van der Waals surface area contributed by atoms with Crippen LogP contribution < -0.4 is 0 Å². The fourth-order valence-corrected chi connectivity index (χ4v) is 1.92. The maximum atomic E-state index is 11.7. The third-order valence-corrected chi connectivity index (χ3v) is 2.86. The van der Waals surface area contributed by atoms with Crippen molar-refractivity contribution in [2.24, 2.45) is 5.92 Å². The number of amides is 2. The molecule has 16 heavy (non-hydrogen) atoms. The fraction of sp³-hybridized carbons (Fsp3) is 0.667. The van der Waals surface area contributed by atoms with Crippen molar-refractivity contribution in [3.8, 4) is 0 Å². The first-order valence-electron chi connectivity index (χ1n) is 5.13. The summed E-state index contributed by atoms with van der Waals surface area (Å²) in [7, 11) is 1.02. The zero-order chi connectivity index (χ0) is 11.7. The summed E-state index contributed by atoms with van der Waals surface area (Å²) in [5, 5.41) is 7.08. The van der Waals surface area contributed by atoms with Crippen molar-refractivity contribution in [3.05, 3.63) is 0 Å². The third-order valence-electron chi connectivity index (χ3n) is 2.86. The van der Waals surface area contributed by atoms with Gasteiger partial charge in [0.2, 0.25) is 0 Å². The number of hydrogen-bond donors (Lipinski definition) is 1. The van der Waals surface area contributed by atoms with Gasteiger partial charge in [0.25, 0.3) is 0 Å². The molecule has 0 aromatic rings. The van der Waals surface area contributed by atoms with E-state index in [4.69, 9.17) is 10.0 Å². The monoisotopic (exact) mass is 222 g/mol. The Hall–Kier alpha value is -1.53. The summed E-state index contributed by atoms with van der Waals surface area (Å²) in [4.78, 5) is 34.7. The Kier molecular flexibility index (Phi) is 2.85. The Morgan fingerprint density at radius 3 is 2.75 bits per heavy atom. The van der Waals surface area contributed by atoms with E-state index < -0.39 is 12.0 Å². The minimum absolute atomic E-state index is 0.0532. The van der Waals surface area contributed by atoms with Crippen LogP contribution in [0.4, 0.5) is 4.79 Å². The van der Waals surface area contributed by atoms with Gasteiger partial charge in [-0.1, -0.05) is 0 Å². The Morgan fingerprint density at radius 2 is 2.19 bits per heavy atom. The Labute approximate surface area is 92.7 Å². The van der Waals surface area contributed by atoms with Crippen molar-refractivity contribution in [2.45, 2.75) is 25.2 Å². The minimum atomic E-state index is -0.691. The van der Waals surface area contributed by atoms with Gasteiger partial charge in [0.15, 0.2) is 0 Å². The Balaban J connectivity index is 1.94. The van der Waals surface area contributed by atoms with Gasteiger partial charge >= 0.3 is 91.9 Å². The van der Waals surface area contributed by atoms with Crippen LogP contribution in [0.2, 0.25) is 0 Å². The zero-order valence-electron chi connectivity index (χ0n) is 8.64. The number of carbonyl (C=O) groups is 3. The number of rotatable bonds is 3. The average molecular weight is 222 g/mol. The van der Waals surface area contributed by atoms with Gasteiger partial charge in [0, 0.05) is 0 Å². The molecule has 0 aromatic heterocycles. The average Bonchev–Trinajstić information content (AvgIpc) is 2.57. The molecule has 1 saturated carbocycles. The molecule has 0 bridgehead atoms. The fourth-order valence-electron chi connectivity index (χ4n) is 1.92. The molecule has 0 aromatic carbocycles. The standard InChI is InChI=1S/C9H11BN2O4/c11-10-7-4-16-9(15)12(7)8(14)3-5-1-6(13)2-5/h5,7,11H,1-4H2/t7-/m1/s1. The molecular formula is C9H11BN2O4. The van der Waals surface area contributed by atoms with E-state index in [-0.39, 0.29) is 30.6 Å². The molecule has 1 aliphatic carbocycles. The van der Waals surface area contributed by atoms with Crippen LogP contribution in [0.1, 0.15) is 19.3 Å². The van der Waals surface area contributed by atoms with E-state index in [0.29, 0.717) is 12.8 Å². The summed E-state index contributed by atoms with van der Waals surface area (Å²) in [5.41, 5.74) is 0. The van der Waals surface area contributed by atoms with Crippen molar-refractivity contribution in [1.82, 2.24) is 4.90 Å². The van der Waals surface area contributed by atoms with E-state index in [2.05, 4.69) is 0 Å². The number of nitrogens with zero attached hydrogens (tertiary/aromatic N) is 1. The van der Waals surface area contributed by atoms with E-state index in [0.717, 1.165) is 12.0 Å². The van der Waals surface area contributed by atoms with Crippen LogP contribution >= 0.6 is 0 Å². The topological polar surface area (TPSA) is 87.5 Å². The molecule has 1 saturated heterocycles. The molecule has 0 spiro atoms. The molecule has 1 N–H and O–H groups in total. The molecule has 1 aliphatic heterocycles. The number of Topliss-reactive ketones (excluding diaryl/α,β-unsaturated/α-hetero) is 1. The van der Waals surface area contributed by atoms with Gasteiger partial charge in [0.05, 0.1) is 0 Å². The van der Waals surface area contributed by atoms with Gasteiger partial charge in [-0.25, -0.2) is 0 Å². The molecule has 84 valence electrons. The number of imide groups is 1. The summed E-state index contributed by atoms with van der Waals surface area (Å²) in [6.45, 7) is 0.0532. The zero-order valence-corrected chi connectivity index (χ0v) is 8.64. The number of carbonyl (C=O) groups excluding carboxylic acids is 3. The quantitative estimate of drug-likeness (QED) is 0.687. The van der Waals surface area contributed by atoms with Gasteiger partial charge in [-0.3, -0.25) is 0 Å². The molecule has 2 amide bonds. The summed E-state index contributed by atoms with van der Waals surface area (Å²) in [6.07, 6.45) is 0.336. The summed E-state index contributed by atoms with van der Waals surface area (Å²) < 4.78 is 4.69. The maximum absolute atomic E-state index is 11.7. The summed E-state index contributed by atoms with van der Waals surface area (Å²) in [6, 6.07) is 0. The normalized spacial score (nSPS) is 25.0. The SMILES string of the molecule is N=B[C@H]1COC(=O)N1C(=O)CC1CC(=O)C1. The molecule has 0 radical (unpaired) electrons. The Bertz CT molecular complexity index is 363. The first kappa shape index (κ1) is 11.0. The van der Waals surface area contributed by atoms with E-state index in [9.17, 15) is 14.4 Å². The molecule has 2 rings (SSSR count). The van der Waals surface area contributed by atoms with E-state index in [1.165, 1.54) is 0 Å². The van der Waals surface area contributed by atoms with E-state index in [1.807, 2.05) is 0 Å². The third kappa shape index (κ3) is 1.89. The molecule has 1 heterocycles. The number of nitrogens with one attached hydrogen (secondary N) is 1. The van der Waals surface area contributed by atoms with Crippen molar-refractivity contribution in [3.63, 3.8) is 0 Å². The molecule has 2 aliphatic rings. The second-order valence-electron chi connectivity index (χ2n) is 4.09. The Morgan fingerprint density at radius 1 is 1.50 bits per heavy atom. The number of hydrogen-bond acceptors (Lipinski definition) is 5. The van der Waals surface area contributed by atoms with E-state index in [1.54, 1.807) is 0 Å². The molecule has 0 unspecified atom stereocenters. The number of ketones is 1. The predicted octanol–water partition coefficient (Wildman–Crippen LogP) is 0.127.